The Morgan fingerprint density at radius 1 is 1.07 bits per heavy atom. The van der Waals surface area contributed by atoms with Gasteiger partial charge in [-0.2, -0.15) is 13.2 Å². The van der Waals surface area contributed by atoms with Gasteiger partial charge in [0.15, 0.2) is 0 Å². The van der Waals surface area contributed by atoms with Crippen molar-refractivity contribution in [2.75, 3.05) is 5.32 Å². The quantitative estimate of drug-likeness (QED) is 0.701. The second-order valence-electron chi connectivity index (χ2n) is 7.06. The Balaban J connectivity index is 1.98. The molecule has 1 fully saturated rings. The lowest BCUT2D eigenvalue weighted by Gasteiger charge is -2.28. The van der Waals surface area contributed by atoms with E-state index >= 15 is 0 Å². The third kappa shape index (κ3) is 5.40. The largest absolute Gasteiger partial charge is 0.422 e. The first-order chi connectivity index (χ1) is 12.8. The fourth-order valence-corrected chi connectivity index (χ4v) is 3.97. The first-order valence-corrected chi connectivity index (χ1v) is 10.2. The minimum atomic E-state index is -5.18. The summed E-state index contributed by atoms with van der Waals surface area (Å²) in [4.78, 5) is 12.3. The lowest BCUT2D eigenvalue weighted by atomic mass is 9.86. The van der Waals surface area contributed by atoms with E-state index in [0.717, 1.165) is 0 Å². The van der Waals surface area contributed by atoms with Crippen LogP contribution in [0.15, 0.2) is 12.1 Å². The van der Waals surface area contributed by atoms with Crippen LogP contribution in [0, 0.1) is 17.6 Å². The van der Waals surface area contributed by atoms with Crippen molar-refractivity contribution >= 4 is 21.6 Å². The van der Waals surface area contributed by atoms with E-state index in [4.69, 9.17) is 0 Å². The van der Waals surface area contributed by atoms with Crippen molar-refractivity contribution in [2.45, 2.75) is 57.0 Å². The highest BCUT2D eigenvalue weighted by atomic mass is 32.2. The van der Waals surface area contributed by atoms with Gasteiger partial charge in [-0.05, 0) is 51.7 Å². The van der Waals surface area contributed by atoms with Crippen LogP contribution in [0.3, 0.4) is 0 Å². The molecule has 1 aromatic rings. The van der Waals surface area contributed by atoms with Crippen molar-refractivity contribution in [1.29, 1.82) is 0 Å². The molecule has 0 atom stereocenters. The average Bonchev–Trinajstić information content (AvgIpc) is 2.52. The maximum absolute atomic E-state index is 13.6. The molecule has 0 bridgehead atoms. The number of amides is 1. The molecule has 11 heteroatoms. The summed E-state index contributed by atoms with van der Waals surface area (Å²) < 4.78 is 91.3. The number of hydrogen-bond donors (Lipinski definition) is 2. The zero-order chi connectivity index (χ0) is 21.3. The van der Waals surface area contributed by atoms with Gasteiger partial charge in [-0.3, -0.25) is 4.79 Å². The molecular formula is C17H21F5N2O3S. The van der Waals surface area contributed by atoms with Gasteiger partial charge in [0.2, 0.25) is 15.9 Å². The van der Waals surface area contributed by atoms with Crippen LogP contribution in [0.1, 0.15) is 45.1 Å². The molecule has 0 spiro atoms. The Kier molecular flexibility index (Phi) is 6.70. The number of hydrogen-bond acceptors (Lipinski definition) is 3. The minimum absolute atomic E-state index is 0.308. The highest BCUT2D eigenvalue weighted by Crippen LogP contribution is 2.35. The molecule has 1 saturated carbocycles. The SMILES string of the molecule is CC(C)S(=O)(=O)N[C@H]1CC[C@H](C(=O)Nc2cc(F)c(C(F)(F)F)c(F)c2)CC1. The van der Waals surface area contributed by atoms with Gasteiger partial charge < -0.3 is 5.32 Å². The van der Waals surface area contributed by atoms with Crippen LogP contribution >= 0.6 is 0 Å². The topological polar surface area (TPSA) is 75.3 Å². The highest BCUT2D eigenvalue weighted by molar-refractivity contribution is 7.90. The van der Waals surface area contributed by atoms with Crippen LogP contribution < -0.4 is 10.0 Å². The molecule has 2 N–H and O–H groups in total. The number of anilines is 1. The number of carbonyl (C=O) groups excluding carboxylic acids is 1. The van der Waals surface area contributed by atoms with Gasteiger partial charge in [-0.25, -0.2) is 21.9 Å². The molecule has 5 nitrogen and oxygen atoms in total. The molecule has 1 aliphatic rings. The second kappa shape index (κ2) is 8.32. The molecule has 0 unspecified atom stereocenters. The summed E-state index contributed by atoms with van der Waals surface area (Å²) in [6.07, 6.45) is -3.70. The molecule has 0 radical (unpaired) electrons. The first kappa shape index (κ1) is 22.5. The van der Waals surface area contributed by atoms with Gasteiger partial charge in [0.1, 0.15) is 17.2 Å². The van der Waals surface area contributed by atoms with Crippen molar-refractivity contribution in [3.63, 3.8) is 0 Å². The van der Waals surface area contributed by atoms with Crippen molar-refractivity contribution in [3.8, 4) is 0 Å². The van der Waals surface area contributed by atoms with E-state index in [1.807, 2.05) is 0 Å². The molecule has 1 aromatic carbocycles. The molecule has 2 rings (SSSR count). The molecule has 1 aliphatic carbocycles. The zero-order valence-electron chi connectivity index (χ0n) is 15.2. The normalized spacial score (nSPS) is 21.0. The van der Waals surface area contributed by atoms with Gasteiger partial charge in [0, 0.05) is 17.6 Å². The van der Waals surface area contributed by atoms with Gasteiger partial charge in [-0.1, -0.05) is 0 Å². The number of benzene rings is 1. The van der Waals surface area contributed by atoms with Crippen molar-refractivity contribution in [1.82, 2.24) is 4.72 Å². The Bertz CT molecular complexity index is 809. The molecule has 0 aliphatic heterocycles. The summed E-state index contributed by atoms with van der Waals surface area (Å²) in [7, 11) is -3.44. The number of halogens is 5. The van der Waals surface area contributed by atoms with Crippen molar-refractivity contribution < 1.29 is 35.2 Å². The average molecular weight is 428 g/mol. The van der Waals surface area contributed by atoms with Crippen molar-refractivity contribution in [3.05, 3.63) is 29.3 Å². The summed E-state index contributed by atoms with van der Waals surface area (Å²) in [6.45, 7) is 3.09. The Morgan fingerprint density at radius 3 is 2.00 bits per heavy atom. The van der Waals surface area contributed by atoms with E-state index in [2.05, 4.69) is 10.0 Å². The minimum Gasteiger partial charge on any atom is -0.326 e. The number of rotatable bonds is 5. The first-order valence-electron chi connectivity index (χ1n) is 8.69. The highest BCUT2D eigenvalue weighted by Gasteiger charge is 2.38. The molecule has 28 heavy (non-hydrogen) atoms. The van der Waals surface area contributed by atoms with Gasteiger partial charge in [-0.15, -0.1) is 0 Å². The van der Waals surface area contributed by atoms with E-state index in [1.54, 1.807) is 13.8 Å². The van der Waals surface area contributed by atoms with E-state index < -0.39 is 56.2 Å². The van der Waals surface area contributed by atoms with Crippen molar-refractivity contribution in [2.24, 2.45) is 5.92 Å². The number of nitrogens with one attached hydrogen (secondary N) is 2. The monoisotopic (exact) mass is 428 g/mol. The third-order valence-electron chi connectivity index (χ3n) is 4.64. The fraction of sp³-hybridized carbons (Fsp3) is 0.588. The maximum Gasteiger partial charge on any atom is 0.422 e. The molecule has 0 aromatic heterocycles. The predicted octanol–water partition coefficient (Wildman–Crippen LogP) is 3.81. The number of carbonyl (C=O) groups is 1. The Morgan fingerprint density at radius 2 is 1.57 bits per heavy atom. The molecule has 0 heterocycles. The molecular weight excluding hydrogens is 407 g/mol. The third-order valence-corrected chi connectivity index (χ3v) is 6.55. The van der Waals surface area contributed by atoms with Crippen LogP contribution in [0.25, 0.3) is 0 Å². The van der Waals surface area contributed by atoms with Gasteiger partial charge >= 0.3 is 6.18 Å². The fourth-order valence-electron chi connectivity index (χ4n) is 3.00. The Labute approximate surface area is 159 Å². The van der Waals surface area contributed by atoms with E-state index in [-0.39, 0.29) is 6.04 Å². The molecule has 0 saturated heterocycles. The molecule has 158 valence electrons. The Hall–Kier alpha value is -1.75. The lowest BCUT2D eigenvalue weighted by molar-refractivity contribution is -0.142. The van der Waals surface area contributed by atoms with Crippen LogP contribution in [0.4, 0.5) is 27.6 Å². The van der Waals surface area contributed by atoms with E-state index in [1.165, 1.54) is 0 Å². The van der Waals surface area contributed by atoms with E-state index in [0.29, 0.717) is 37.8 Å². The number of alkyl halides is 3. The van der Waals surface area contributed by atoms with Crippen LogP contribution in [0.2, 0.25) is 0 Å². The molecule has 1 amide bonds. The van der Waals surface area contributed by atoms with Crippen LogP contribution in [-0.2, 0) is 21.0 Å². The second-order valence-corrected chi connectivity index (χ2v) is 9.33. The zero-order valence-corrected chi connectivity index (χ0v) is 16.1. The van der Waals surface area contributed by atoms with E-state index in [9.17, 15) is 35.2 Å². The van der Waals surface area contributed by atoms with Gasteiger partial charge in [0.05, 0.1) is 5.25 Å². The smallest absolute Gasteiger partial charge is 0.326 e. The van der Waals surface area contributed by atoms with Gasteiger partial charge in [0.25, 0.3) is 0 Å². The summed E-state index contributed by atoms with van der Waals surface area (Å²) in [5, 5.41) is 1.64. The number of sulfonamides is 1. The lowest BCUT2D eigenvalue weighted by Crippen LogP contribution is -2.42. The summed E-state index contributed by atoms with van der Waals surface area (Å²) in [5.74, 6) is -4.74. The predicted molar refractivity (Wildman–Crippen MR) is 92.9 cm³/mol. The maximum atomic E-state index is 13.6. The summed E-state index contributed by atoms with van der Waals surface area (Å²) >= 11 is 0. The standard InChI is InChI=1S/C17H21F5N2O3S/c1-9(2)28(26,27)24-11-5-3-10(4-6-11)16(25)23-12-7-13(18)15(14(19)8-12)17(20,21)22/h7-11,24H,3-6H2,1-2H3,(H,23,25)/t10-,11-. The van der Waals surface area contributed by atoms with Crippen LogP contribution in [0.5, 0.6) is 0 Å². The summed E-state index contributed by atoms with van der Waals surface area (Å²) in [5.41, 5.74) is -2.42. The van der Waals surface area contributed by atoms with Crippen LogP contribution in [-0.4, -0.2) is 25.6 Å². The summed E-state index contributed by atoms with van der Waals surface area (Å²) in [6, 6.07) is 0.538.